The average molecular weight is 399 g/mol. The fourth-order valence-electron chi connectivity index (χ4n) is 3.57. The molecule has 2 atom stereocenters. The third kappa shape index (κ3) is 3.72. The van der Waals surface area contributed by atoms with E-state index in [0.29, 0.717) is 24.5 Å². The molecule has 0 spiro atoms. The van der Waals surface area contributed by atoms with Crippen molar-refractivity contribution in [2.75, 3.05) is 30.8 Å². The Morgan fingerprint density at radius 3 is 2.59 bits per heavy atom. The van der Waals surface area contributed by atoms with Crippen molar-refractivity contribution in [3.8, 4) is 11.8 Å². The molecule has 0 amide bonds. The lowest BCUT2D eigenvalue weighted by Gasteiger charge is -2.36. The minimum atomic E-state index is -0.744. The van der Waals surface area contributed by atoms with Gasteiger partial charge in [-0.1, -0.05) is 0 Å². The van der Waals surface area contributed by atoms with Gasteiger partial charge in [0.1, 0.15) is 11.8 Å². The predicted octanol–water partition coefficient (Wildman–Crippen LogP) is 2.24. The van der Waals surface area contributed by atoms with Gasteiger partial charge in [0.15, 0.2) is 5.69 Å². The molecule has 1 aliphatic rings. The van der Waals surface area contributed by atoms with Crippen molar-refractivity contribution in [3.05, 3.63) is 45.8 Å². The van der Waals surface area contributed by atoms with Crippen LogP contribution in [0.5, 0.6) is 0 Å². The first-order valence-corrected chi connectivity index (χ1v) is 8.95. The number of methoxy groups -OCH3 is 1. The number of carbonyl (C=O) groups excluding carboxylic acids is 1. The molecule has 2 unspecified atom stereocenters. The summed E-state index contributed by atoms with van der Waals surface area (Å²) < 4.78 is 11.8. The molecular formula is C19H21N5O5. The summed E-state index contributed by atoms with van der Waals surface area (Å²) in [5.74, 6) is -0.744. The Balaban J connectivity index is 2.12. The third-order valence-electron chi connectivity index (χ3n) is 4.74. The number of hydrogen-bond donors (Lipinski definition) is 1. The number of ether oxygens (including phenoxy) is 2. The van der Waals surface area contributed by atoms with Crippen LogP contribution in [0.2, 0.25) is 0 Å². The van der Waals surface area contributed by atoms with Crippen molar-refractivity contribution < 1.29 is 19.2 Å². The highest BCUT2D eigenvalue weighted by atomic mass is 16.6. The van der Waals surface area contributed by atoms with Gasteiger partial charge in [0.2, 0.25) is 0 Å². The minimum absolute atomic E-state index is 0.0399. The van der Waals surface area contributed by atoms with E-state index in [1.165, 1.54) is 23.9 Å². The first kappa shape index (κ1) is 20.2. The van der Waals surface area contributed by atoms with Gasteiger partial charge in [0.05, 0.1) is 41.2 Å². The van der Waals surface area contributed by atoms with Gasteiger partial charge < -0.3 is 24.7 Å². The lowest BCUT2D eigenvalue weighted by molar-refractivity contribution is -0.384. The fraction of sp³-hybridized carbons (Fsp3) is 0.368. The number of aromatic nitrogens is 1. The number of carbonyl (C=O) groups is 1. The van der Waals surface area contributed by atoms with E-state index in [-0.39, 0.29) is 34.8 Å². The average Bonchev–Trinajstić information content (AvgIpc) is 3.02. The molecule has 1 aliphatic heterocycles. The van der Waals surface area contributed by atoms with E-state index in [1.807, 2.05) is 24.8 Å². The SMILES string of the molecule is COC(=O)c1c(N)c(C#N)cn1-c1ccc(N2CC(C)OC(C)C2)c([N+](=O)[O-])c1. The number of benzene rings is 1. The van der Waals surface area contributed by atoms with E-state index >= 15 is 0 Å². The number of hydrogen-bond acceptors (Lipinski definition) is 8. The van der Waals surface area contributed by atoms with Gasteiger partial charge in [-0.3, -0.25) is 10.1 Å². The summed E-state index contributed by atoms with van der Waals surface area (Å²) in [5, 5.41) is 21.0. The van der Waals surface area contributed by atoms with Crippen LogP contribution in [0, 0.1) is 21.4 Å². The van der Waals surface area contributed by atoms with Crippen LogP contribution in [0.3, 0.4) is 0 Å². The van der Waals surface area contributed by atoms with Crippen LogP contribution in [0.15, 0.2) is 24.4 Å². The van der Waals surface area contributed by atoms with Crippen LogP contribution in [0.25, 0.3) is 5.69 Å². The topological polar surface area (TPSA) is 137 Å². The maximum absolute atomic E-state index is 12.2. The number of nitrogens with zero attached hydrogens (tertiary/aromatic N) is 4. The lowest BCUT2D eigenvalue weighted by Crippen LogP contribution is -2.45. The molecule has 1 aromatic carbocycles. The molecular weight excluding hydrogens is 378 g/mol. The van der Waals surface area contributed by atoms with Crippen molar-refractivity contribution in [2.45, 2.75) is 26.1 Å². The quantitative estimate of drug-likeness (QED) is 0.469. The Bertz CT molecular complexity index is 999. The number of rotatable bonds is 4. The molecule has 3 rings (SSSR count). The van der Waals surface area contributed by atoms with E-state index in [9.17, 15) is 20.2 Å². The van der Waals surface area contributed by atoms with Gasteiger partial charge in [-0.05, 0) is 26.0 Å². The number of nitrogen functional groups attached to an aromatic ring is 1. The van der Waals surface area contributed by atoms with E-state index in [4.69, 9.17) is 15.2 Å². The summed E-state index contributed by atoms with van der Waals surface area (Å²) in [7, 11) is 1.19. The second kappa shape index (κ2) is 7.81. The highest BCUT2D eigenvalue weighted by Gasteiger charge is 2.29. The van der Waals surface area contributed by atoms with Gasteiger partial charge in [-0.2, -0.15) is 5.26 Å². The molecule has 152 valence electrons. The van der Waals surface area contributed by atoms with Crippen LogP contribution in [0.1, 0.15) is 29.9 Å². The molecule has 1 saturated heterocycles. The van der Waals surface area contributed by atoms with Gasteiger partial charge in [-0.25, -0.2) is 4.79 Å². The molecule has 10 nitrogen and oxygen atoms in total. The fourth-order valence-corrected chi connectivity index (χ4v) is 3.57. The maximum Gasteiger partial charge on any atom is 0.357 e. The number of morpholine rings is 1. The summed E-state index contributed by atoms with van der Waals surface area (Å²) >= 11 is 0. The molecule has 2 aromatic rings. The van der Waals surface area contributed by atoms with Crippen LogP contribution in [0.4, 0.5) is 17.1 Å². The second-order valence-corrected chi connectivity index (χ2v) is 6.87. The number of nitro groups is 1. The Morgan fingerprint density at radius 1 is 1.38 bits per heavy atom. The molecule has 0 saturated carbocycles. The zero-order valence-electron chi connectivity index (χ0n) is 16.3. The van der Waals surface area contributed by atoms with Gasteiger partial charge in [0, 0.05) is 25.4 Å². The molecule has 2 N–H and O–H groups in total. The highest BCUT2D eigenvalue weighted by molar-refractivity contribution is 5.96. The summed E-state index contributed by atoms with van der Waals surface area (Å²) in [4.78, 5) is 25.4. The number of nitriles is 1. The van der Waals surface area contributed by atoms with Crippen molar-refractivity contribution in [3.63, 3.8) is 0 Å². The Labute approximate surface area is 167 Å². The summed E-state index contributed by atoms with van der Waals surface area (Å²) in [5.41, 5.74) is 6.55. The molecule has 1 aromatic heterocycles. The molecule has 10 heteroatoms. The van der Waals surface area contributed by atoms with Crippen molar-refractivity contribution >= 4 is 23.0 Å². The highest BCUT2D eigenvalue weighted by Crippen LogP contribution is 2.34. The Kier molecular flexibility index (Phi) is 5.43. The zero-order valence-corrected chi connectivity index (χ0v) is 16.3. The van der Waals surface area contributed by atoms with E-state index in [1.54, 1.807) is 12.1 Å². The molecule has 2 heterocycles. The first-order valence-electron chi connectivity index (χ1n) is 8.95. The molecule has 1 fully saturated rings. The Hall–Kier alpha value is -3.58. The van der Waals surface area contributed by atoms with Crippen LogP contribution < -0.4 is 10.6 Å². The lowest BCUT2D eigenvalue weighted by atomic mass is 10.1. The summed E-state index contributed by atoms with van der Waals surface area (Å²) in [6.45, 7) is 4.87. The molecule has 0 bridgehead atoms. The van der Waals surface area contributed by atoms with Crippen LogP contribution >= 0.6 is 0 Å². The van der Waals surface area contributed by atoms with E-state index in [2.05, 4.69) is 0 Å². The van der Waals surface area contributed by atoms with Gasteiger partial charge >= 0.3 is 5.97 Å². The standard InChI is InChI=1S/C19H21N5O5/c1-11-8-22(9-12(2)29-11)15-5-4-14(6-16(15)24(26)27)23-10-13(7-20)17(21)18(23)19(25)28-3/h4-6,10-12H,8-9,21H2,1-3H3. The normalized spacial score (nSPS) is 18.9. The number of esters is 1. The van der Waals surface area contributed by atoms with Crippen LogP contribution in [-0.2, 0) is 9.47 Å². The molecule has 29 heavy (non-hydrogen) atoms. The van der Waals surface area contributed by atoms with Crippen molar-refractivity contribution in [1.29, 1.82) is 5.26 Å². The van der Waals surface area contributed by atoms with E-state index in [0.717, 1.165) is 0 Å². The monoisotopic (exact) mass is 399 g/mol. The zero-order chi connectivity index (χ0) is 21.3. The minimum Gasteiger partial charge on any atom is -0.464 e. The maximum atomic E-state index is 12.2. The second-order valence-electron chi connectivity index (χ2n) is 6.87. The third-order valence-corrected chi connectivity index (χ3v) is 4.74. The van der Waals surface area contributed by atoms with Crippen molar-refractivity contribution in [2.24, 2.45) is 0 Å². The smallest absolute Gasteiger partial charge is 0.357 e. The number of nitro benzene ring substituents is 1. The number of anilines is 2. The van der Waals surface area contributed by atoms with Gasteiger partial charge in [-0.15, -0.1) is 0 Å². The van der Waals surface area contributed by atoms with Crippen molar-refractivity contribution in [1.82, 2.24) is 4.57 Å². The van der Waals surface area contributed by atoms with Gasteiger partial charge in [0.25, 0.3) is 5.69 Å². The largest absolute Gasteiger partial charge is 0.464 e. The predicted molar refractivity (Wildman–Crippen MR) is 105 cm³/mol. The Morgan fingerprint density at radius 2 is 2.03 bits per heavy atom. The number of nitrogens with two attached hydrogens (primary N) is 1. The summed E-state index contributed by atoms with van der Waals surface area (Å²) in [6, 6.07) is 6.53. The van der Waals surface area contributed by atoms with Crippen LogP contribution in [-0.4, -0.2) is 47.9 Å². The summed E-state index contributed by atoms with van der Waals surface area (Å²) in [6.07, 6.45) is 1.23. The molecule has 0 radical (unpaired) electrons. The first-order chi connectivity index (χ1) is 13.8. The molecule has 0 aliphatic carbocycles. The van der Waals surface area contributed by atoms with E-state index < -0.39 is 10.9 Å².